The lowest BCUT2D eigenvalue weighted by Crippen LogP contribution is -2.60. The Morgan fingerprint density at radius 1 is 1.32 bits per heavy atom. The molecule has 0 aliphatic heterocycles. The Balaban J connectivity index is 1.47. The van der Waals surface area contributed by atoms with Gasteiger partial charge in [-0.3, -0.25) is 14.4 Å². The molecule has 9 heteroatoms. The molecule has 1 heterocycles. The number of nitrogens with one attached hydrogen (secondary N) is 2. The van der Waals surface area contributed by atoms with Gasteiger partial charge in [0.2, 0.25) is 11.8 Å². The number of primary amides is 1. The standard InChI is InChI=1S/C16H22N4O4S/c17-12(21)7-25-8-13(22)18-9-16(4-1-5-16)20-14(23)11-6-24-15(19-11)10-2-3-10/h6,10H,1-5,7-9H2,(H2,17,21)(H,18,22)(H,20,23). The number of carbonyl (C=O) groups excluding carboxylic acids is 3. The largest absolute Gasteiger partial charge is 0.448 e. The van der Waals surface area contributed by atoms with Crippen molar-refractivity contribution in [1.82, 2.24) is 15.6 Å². The van der Waals surface area contributed by atoms with Crippen LogP contribution in [0.25, 0.3) is 0 Å². The Bertz CT molecular complexity index is 667. The summed E-state index contributed by atoms with van der Waals surface area (Å²) >= 11 is 1.17. The van der Waals surface area contributed by atoms with Crippen molar-refractivity contribution in [3.05, 3.63) is 17.8 Å². The lowest BCUT2D eigenvalue weighted by molar-refractivity contribution is -0.119. The summed E-state index contributed by atoms with van der Waals surface area (Å²) in [6.45, 7) is 0.363. The highest BCUT2D eigenvalue weighted by molar-refractivity contribution is 8.00. The number of amides is 3. The fraction of sp³-hybridized carbons (Fsp3) is 0.625. The highest BCUT2D eigenvalue weighted by Crippen LogP contribution is 2.39. The lowest BCUT2D eigenvalue weighted by Gasteiger charge is -2.42. The molecule has 0 atom stereocenters. The summed E-state index contributed by atoms with van der Waals surface area (Å²) < 4.78 is 5.36. The van der Waals surface area contributed by atoms with Gasteiger partial charge in [0.1, 0.15) is 6.26 Å². The smallest absolute Gasteiger partial charge is 0.273 e. The second-order valence-corrected chi connectivity index (χ2v) is 7.65. The quantitative estimate of drug-likeness (QED) is 0.585. The van der Waals surface area contributed by atoms with Crippen LogP contribution < -0.4 is 16.4 Å². The topological polar surface area (TPSA) is 127 Å². The van der Waals surface area contributed by atoms with Crippen LogP contribution in [0.5, 0.6) is 0 Å². The van der Waals surface area contributed by atoms with E-state index in [0.29, 0.717) is 18.4 Å². The van der Waals surface area contributed by atoms with Crippen molar-refractivity contribution in [2.75, 3.05) is 18.1 Å². The van der Waals surface area contributed by atoms with Gasteiger partial charge in [-0.1, -0.05) is 0 Å². The first-order valence-corrected chi connectivity index (χ1v) is 9.54. The van der Waals surface area contributed by atoms with Gasteiger partial charge in [-0.05, 0) is 32.1 Å². The normalized spacial score (nSPS) is 18.2. The molecule has 0 unspecified atom stereocenters. The van der Waals surface area contributed by atoms with Crippen molar-refractivity contribution in [2.45, 2.75) is 43.6 Å². The molecule has 136 valence electrons. The zero-order chi connectivity index (χ0) is 17.9. The number of hydrogen-bond acceptors (Lipinski definition) is 6. The van der Waals surface area contributed by atoms with E-state index >= 15 is 0 Å². The molecule has 2 aliphatic rings. The Morgan fingerprint density at radius 3 is 2.68 bits per heavy atom. The minimum Gasteiger partial charge on any atom is -0.448 e. The van der Waals surface area contributed by atoms with Crippen LogP contribution in [-0.2, 0) is 9.59 Å². The van der Waals surface area contributed by atoms with E-state index in [4.69, 9.17) is 10.2 Å². The molecule has 2 saturated carbocycles. The van der Waals surface area contributed by atoms with Gasteiger partial charge >= 0.3 is 0 Å². The van der Waals surface area contributed by atoms with Gasteiger partial charge < -0.3 is 20.8 Å². The Hall–Kier alpha value is -2.03. The highest BCUT2D eigenvalue weighted by atomic mass is 32.2. The number of rotatable bonds is 9. The molecule has 0 spiro atoms. The van der Waals surface area contributed by atoms with Gasteiger partial charge in [-0.25, -0.2) is 4.98 Å². The molecule has 3 rings (SSSR count). The van der Waals surface area contributed by atoms with E-state index in [1.165, 1.54) is 18.0 Å². The van der Waals surface area contributed by atoms with Crippen molar-refractivity contribution in [2.24, 2.45) is 5.73 Å². The molecule has 0 radical (unpaired) electrons. The van der Waals surface area contributed by atoms with Crippen molar-refractivity contribution < 1.29 is 18.8 Å². The lowest BCUT2D eigenvalue weighted by atomic mass is 9.76. The fourth-order valence-corrected chi connectivity index (χ4v) is 3.32. The third kappa shape index (κ3) is 4.75. The fourth-order valence-electron chi connectivity index (χ4n) is 2.73. The number of nitrogens with zero attached hydrogens (tertiary/aromatic N) is 1. The Kier molecular flexibility index (Phi) is 5.31. The monoisotopic (exact) mass is 366 g/mol. The summed E-state index contributed by atoms with van der Waals surface area (Å²) in [5, 5.41) is 5.81. The summed E-state index contributed by atoms with van der Waals surface area (Å²) in [5.74, 6) is 0.380. The first-order valence-electron chi connectivity index (χ1n) is 8.38. The number of oxazole rings is 1. The first kappa shape index (κ1) is 17.8. The summed E-state index contributed by atoms with van der Waals surface area (Å²) in [7, 11) is 0. The summed E-state index contributed by atoms with van der Waals surface area (Å²) in [5.41, 5.74) is 4.89. The molecule has 1 aromatic heterocycles. The second kappa shape index (κ2) is 7.47. The van der Waals surface area contributed by atoms with Crippen molar-refractivity contribution >= 4 is 29.5 Å². The number of nitrogens with two attached hydrogens (primary N) is 1. The second-order valence-electron chi connectivity index (χ2n) is 6.67. The molecule has 8 nitrogen and oxygen atoms in total. The number of aromatic nitrogens is 1. The molecule has 25 heavy (non-hydrogen) atoms. The van der Waals surface area contributed by atoms with Crippen LogP contribution in [0, 0.1) is 0 Å². The van der Waals surface area contributed by atoms with Crippen LogP contribution in [0.4, 0.5) is 0 Å². The maximum Gasteiger partial charge on any atom is 0.273 e. The predicted molar refractivity (Wildman–Crippen MR) is 92.1 cm³/mol. The van der Waals surface area contributed by atoms with E-state index in [-0.39, 0.29) is 29.0 Å². The molecule has 1 aromatic rings. The van der Waals surface area contributed by atoms with E-state index < -0.39 is 11.4 Å². The van der Waals surface area contributed by atoms with E-state index in [9.17, 15) is 14.4 Å². The molecule has 0 bridgehead atoms. The summed E-state index contributed by atoms with van der Waals surface area (Å²) in [6.07, 6.45) is 6.13. The van der Waals surface area contributed by atoms with E-state index in [1.807, 2.05) is 0 Å². The van der Waals surface area contributed by atoms with Crippen LogP contribution in [0.3, 0.4) is 0 Å². The maximum atomic E-state index is 12.4. The minimum atomic E-state index is -0.446. The predicted octanol–water partition coefficient (Wildman–Crippen LogP) is 0.539. The van der Waals surface area contributed by atoms with Gasteiger partial charge in [-0.2, -0.15) is 0 Å². The van der Waals surface area contributed by atoms with Crippen LogP contribution >= 0.6 is 11.8 Å². The van der Waals surface area contributed by atoms with Gasteiger partial charge in [-0.15, -0.1) is 11.8 Å². The van der Waals surface area contributed by atoms with Crippen molar-refractivity contribution in [3.8, 4) is 0 Å². The molecule has 0 saturated heterocycles. The number of thioether (sulfide) groups is 1. The summed E-state index contributed by atoms with van der Waals surface area (Å²) in [6, 6.07) is 0. The third-order valence-corrected chi connectivity index (χ3v) is 5.43. The van der Waals surface area contributed by atoms with Crippen LogP contribution in [0.2, 0.25) is 0 Å². The van der Waals surface area contributed by atoms with Gasteiger partial charge in [0.25, 0.3) is 5.91 Å². The molecule has 0 aromatic carbocycles. The number of hydrogen-bond donors (Lipinski definition) is 3. The summed E-state index contributed by atoms with van der Waals surface area (Å²) in [4.78, 5) is 39.1. The zero-order valence-electron chi connectivity index (χ0n) is 13.9. The maximum absolute atomic E-state index is 12.4. The van der Waals surface area contributed by atoms with Crippen molar-refractivity contribution in [1.29, 1.82) is 0 Å². The number of carbonyl (C=O) groups is 3. The van der Waals surface area contributed by atoms with E-state index in [2.05, 4.69) is 15.6 Å². The first-order chi connectivity index (χ1) is 12.0. The Morgan fingerprint density at radius 2 is 2.08 bits per heavy atom. The molecular weight excluding hydrogens is 344 g/mol. The molecular formula is C16H22N4O4S. The highest BCUT2D eigenvalue weighted by Gasteiger charge is 2.39. The molecule has 2 aliphatic carbocycles. The molecule has 4 N–H and O–H groups in total. The third-order valence-electron chi connectivity index (χ3n) is 4.47. The minimum absolute atomic E-state index is 0.116. The Labute approximate surface area is 149 Å². The van der Waals surface area contributed by atoms with E-state index in [0.717, 1.165) is 32.1 Å². The van der Waals surface area contributed by atoms with Crippen LogP contribution in [0.1, 0.15) is 54.4 Å². The molecule has 2 fully saturated rings. The SMILES string of the molecule is NC(=O)CSCC(=O)NCC1(NC(=O)c2coc(C3CC3)n2)CCC1. The zero-order valence-corrected chi connectivity index (χ0v) is 14.7. The van der Waals surface area contributed by atoms with E-state index in [1.54, 1.807) is 0 Å². The van der Waals surface area contributed by atoms with Crippen LogP contribution in [-0.4, -0.2) is 46.3 Å². The van der Waals surface area contributed by atoms with Crippen LogP contribution in [0.15, 0.2) is 10.7 Å². The average molecular weight is 366 g/mol. The molecule has 3 amide bonds. The average Bonchev–Trinajstić information content (AvgIpc) is 3.26. The van der Waals surface area contributed by atoms with Crippen molar-refractivity contribution in [3.63, 3.8) is 0 Å². The van der Waals surface area contributed by atoms with Gasteiger partial charge in [0.15, 0.2) is 11.6 Å². The van der Waals surface area contributed by atoms with Gasteiger partial charge in [0, 0.05) is 12.5 Å². The van der Waals surface area contributed by atoms with Gasteiger partial charge in [0.05, 0.1) is 17.0 Å².